The quantitative estimate of drug-likeness (QED) is 0.652. The molecule has 4 N–H and O–H groups in total. The fourth-order valence-electron chi connectivity index (χ4n) is 2.13. The Hall–Kier alpha value is -1.59. The van der Waals surface area contributed by atoms with Gasteiger partial charge in [-0.3, -0.25) is 0 Å². The molecule has 0 amide bonds. The zero-order chi connectivity index (χ0) is 14.8. The van der Waals surface area contributed by atoms with Gasteiger partial charge >= 0.3 is 0 Å². The maximum atomic E-state index is 10.1. The first-order chi connectivity index (χ1) is 9.38. The zero-order valence-corrected chi connectivity index (χ0v) is 12.8. The number of nitrogens with one attached hydrogen (secondary N) is 3. The van der Waals surface area contributed by atoms with E-state index in [1.165, 1.54) is 5.56 Å². The molecule has 1 aromatic carbocycles. The largest absolute Gasteiger partial charge is 0.385 e. The van der Waals surface area contributed by atoms with E-state index in [0.717, 1.165) is 5.69 Å². The summed E-state index contributed by atoms with van der Waals surface area (Å²) in [6.07, 6.45) is 1.07. The number of aliphatic hydroxyl groups excluding tert-OH is 1. The van der Waals surface area contributed by atoms with E-state index in [-0.39, 0.29) is 5.41 Å². The third-order valence-corrected chi connectivity index (χ3v) is 3.42. The number of rotatable bonds is 4. The van der Waals surface area contributed by atoms with Crippen LogP contribution in [0.25, 0.3) is 0 Å². The minimum atomic E-state index is -0.629. The fourth-order valence-corrected chi connectivity index (χ4v) is 2.31. The molecule has 0 spiro atoms. The highest BCUT2D eigenvalue weighted by Gasteiger charge is 2.18. The van der Waals surface area contributed by atoms with Gasteiger partial charge in [-0.15, -0.1) is 0 Å². The molecule has 108 valence electrons. The maximum absolute atomic E-state index is 10.1. The Morgan fingerprint density at radius 1 is 1.30 bits per heavy atom. The normalized spacial score (nSPS) is 13.2. The van der Waals surface area contributed by atoms with Gasteiger partial charge in [0.05, 0.1) is 5.69 Å². The predicted molar refractivity (Wildman–Crippen MR) is 84.6 cm³/mol. The Labute approximate surface area is 124 Å². The monoisotopic (exact) mass is 291 g/mol. The number of benzene rings is 1. The van der Waals surface area contributed by atoms with E-state index in [2.05, 4.69) is 42.1 Å². The summed E-state index contributed by atoms with van der Waals surface area (Å²) in [6, 6.07) is 8.17. The minimum Gasteiger partial charge on any atom is -0.385 e. The lowest BCUT2D eigenvalue weighted by Gasteiger charge is -2.24. The fraction of sp³-hybridized carbons (Fsp3) is 0.400. The summed E-state index contributed by atoms with van der Waals surface area (Å²) < 4.78 is 0.522. The van der Waals surface area contributed by atoms with Gasteiger partial charge in [0.1, 0.15) is 6.10 Å². The number of aromatic nitrogens is 2. The van der Waals surface area contributed by atoms with Gasteiger partial charge in [-0.05, 0) is 29.3 Å². The summed E-state index contributed by atoms with van der Waals surface area (Å²) in [5.74, 6) is 0. The van der Waals surface area contributed by atoms with Crippen LogP contribution in [0.5, 0.6) is 0 Å². The molecule has 0 aliphatic heterocycles. The molecule has 2 aromatic rings. The molecule has 0 saturated carbocycles. The van der Waals surface area contributed by atoms with E-state index in [9.17, 15) is 5.11 Å². The van der Waals surface area contributed by atoms with Gasteiger partial charge in [-0.1, -0.05) is 39.0 Å². The van der Waals surface area contributed by atoms with E-state index in [4.69, 9.17) is 12.2 Å². The van der Waals surface area contributed by atoms with Crippen LogP contribution in [0.4, 0.5) is 5.69 Å². The van der Waals surface area contributed by atoms with E-state index in [1.807, 2.05) is 18.2 Å². The highest BCUT2D eigenvalue weighted by atomic mass is 32.1. The Kier molecular flexibility index (Phi) is 4.30. The summed E-state index contributed by atoms with van der Waals surface area (Å²) in [5.41, 5.74) is 3.03. The molecule has 1 atom stereocenters. The molecule has 0 fully saturated rings. The molecule has 2 rings (SSSR count). The second-order valence-corrected chi connectivity index (χ2v) is 6.30. The molecule has 0 aliphatic rings. The Bertz CT molecular complexity index is 624. The van der Waals surface area contributed by atoms with Crippen molar-refractivity contribution in [3.63, 3.8) is 0 Å². The number of hydrogen-bond acceptors (Lipinski definition) is 3. The molecule has 5 heteroatoms. The van der Waals surface area contributed by atoms with Crippen LogP contribution < -0.4 is 5.32 Å². The van der Waals surface area contributed by atoms with Crippen molar-refractivity contribution in [3.8, 4) is 0 Å². The van der Waals surface area contributed by atoms with Crippen LogP contribution in [0.15, 0.2) is 30.5 Å². The smallest absolute Gasteiger partial charge is 0.174 e. The zero-order valence-electron chi connectivity index (χ0n) is 12.0. The van der Waals surface area contributed by atoms with Gasteiger partial charge in [0.25, 0.3) is 0 Å². The first-order valence-corrected chi connectivity index (χ1v) is 7.08. The summed E-state index contributed by atoms with van der Waals surface area (Å²) in [4.78, 5) is 5.78. The van der Waals surface area contributed by atoms with Crippen molar-refractivity contribution in [2.24, 2.45) is 0 Å². The number of imidazole rings is 1. The second-order valence-electron chi connectivity index (χ2n) is 5.89. The number of hydrogen-bond donors (Lipinski definition) is 4. The Morgan fingerprint density at radius 3 is 2.60 bits per heavy atom. The molecule has 20 heavy (non-hydrogen) atoms. The average Bonchev–Trinajstić information content (AvgIpc) is 2.82. The van der Waals surface area contributed by atoms with Gasteiger partial charge in [0.15, 0.2) is 4.77 Å². The van der Waals surface area contributed by atoms with Crippen LogP contribution in [-0.2, 0) is 5.41 Å². The molecular formula is C15H21N3OS. The SMILES string of the molecule is CC(C)(C)c1ccccc1NCC(O)c1c[nH]c(=S)[nH]1. The number of aliphatic hydroxyl groups is 1. The number of H-pyrrole nitrogens is 2. The van der Waals surface area contributed by atoms with Crippen molar-refractivity contribution in [2.75, 3.05) is 11.9 Å². The van der Waals surface area contributed by atoms with Gasteiger partial charge in [-0.2, -0.15) is 0 Å². The summed E-state index contributed by atoms with van der Waals surface area (Å²) >= 11 is 4.96. The molecule has 0 aliphatic carbocycles. The molecular weight excluding hydrogens is 270 g/mol. The van der Waals surface area contributed by atoms with Crippen molar-refractivity contribution in [2.45, 2.75) is 32.3 Å². The van der Waals surface area contributed by atoms with Crippen LogP contribution in [0.2, 0.25) is 0 Å². The van der Waals surface area contributed by atoms with Gasteiger partial charge in [0.2, 0.25) is 0 Å². The number of aromatic amines is 2. The van der Waals surface area contributed by atoms with Crippen LogP contribution in [0.3, 0.4) is 0 Å². The maximum Gasteiger partial charge on any atom is 0.174 e. The third-order valence-electron chi connectivity index (χ3n) is 3.20. The first kappa shape index (κ1) is 14.8. The van der Waals surface area contributed by atoms with Crippen LogP contribution in [0, 0.1) is 4.77 Å². The van der Waals surface area contributed by atoms with Gasteiger partial charge in [0, 0.05) is 18.4 Å². The van der Waals surface area contributed by atoms with E-state index in [0.29, 0.717) is 17.0 Å². The molecule has 4 nitrogen and oxygen atoms in total. The summed E-state index contributed by atoms with van der Waals surface area (Å²) in [6.45, 7) is 6.95. The van der Waals surface area contributed by atoms with Crippen molar-refractivity contribution in [3.05, 3.63) is 46.5 Å². The lowest BCUT2D eigenvalue weighted by molar-refractivity contribution is 0.187. The minimum absolute atomic E-state index is 0.0581. The first-order valence-electron chi connectivity index (χ1n) is 6.67. The Morgan fingerprint density at radius 2 is 2.00 bits per heavy atom. The second kappa shape index (κ2) is 5.81. The van der Waals surface area contributed by atoms with Gasteiger partial charge in [-0.25, -0.2) is 0 Å². The summed E-state index contributed by atoms with van der Waals surface area (Å²) in [5, 5.41) is 13.4. The van der Waals surface area contributed by atoms with E-state index < -0.39 is 6.10 Å². The molecule has 1 heterocycles. The van der Waals surface area contributed by atoms with Crippen LogP contribution in [-0.4, -0.2) is 21.6 Å². The number of anilines is 1. The number of para-hydroxylation sites is 1. The van der Waals surface area contributed by atoms with Crippen molar-refractivity contribution >= 4 is 17.9 Å². The highest BCUT2D eigenvalue weighted by Crippen LogP contribution is 2.29. The molecule has 1 unspecified atom stereocenters. The van der Waals surface area contributed by atoms with Crippen LogP contribution >= 0.6 is 12.2 Å². The summed E-state index contributed by atoms with van der Waals surface area (Å²) in [7, 11) is 0. The van der Waals surface area contributed by atoms with E-state index >= 15 is 0 Å². The molecule has 1 aromatic heterocycles. The van der Waals surface area contributed by atoms with Gasteiger partial charge < -0.3 is 20.4 Å². The molecule has 0 radical (unpaired) electrons. The highest BCUT2D eigenvalue weighted by molar-refractivity contribution is 7.71. The Balaban J connectivity index is 2.10. The topological polar surface area (TPSA) is 63.8 Å². The van der Waals surface area contributed by atoms with Crippen LogP contribution in [0.1, 0.15) is 38.1 Å². The third kappa shape index (κ3) is 3.49. The van der Waals surface area contributed by atoms with Crippen molar-refractivity contribution in [1.29, 1.82) is 0 Å². The lowest BCUT2D eigenvalue weighted by atomic mass is 9.86. The van der Waals surface area contributed by atoms with Crippen molar-refractivity contribution in [1.82, 2.24) is 9.97 Å². The average molecular weight is 291 g/mol. The molecule has 0 bridgehead atoms. The standard InChI is InChI=1S/C15H21N3OS/c1-15(2,3)10-6-4-5-7-11(10)16-9-13(19)12-8-17-14(20)18-12/h4-8,13,16,19H,9H2,1-3H3,(H2,17,18,20). The lowest BCUT2D eigenvalue weighted by Crippen LogP contribution is -2.18. The van der Waals surface area contributed by atoms with E-state index in [1.54, 1.807) is 6.20 Å². The molecule has 0 saturated heterocycles. The predicted octanol–water partition coefficient (Wildman–Crippen LogP) is 3.52. The van der Waals surface area contributed by atoms with Crippen molar-refractivity contribution < 1.29 is 5.11 Å².